The summed E-state index contributed by atoms with van der Waals surface area (Å²) in [4.78, 5) is 27.8. The van der Waals surface area contributed by atoms with Crippen molar-refractivity contribution in [2.75, 3.05) is 38.5 Å². The third-order valence-electron chi connectivity index (χ3n) is 5.79. The summed E-state index contributed by atoms with van der Waals surface area (Å²) in [6, 6.07) is 14.4. The molecule has 2 N–H and O–H groups in total. The van der Waals surface area contributed by atoms with E-state index in [4.69, 9.17) is 0 Å². The summed E-state index contributed by atoms with van der Waals surface area (Å²) in [5.74, 6) is -0.163. The van der Waals surface area contributed by atoms with E-state index < -0.39 is 0 Å². The van der Waals surface area contributed by atoms with Crippen molar-refractivity contribution >= 4 is 33.4 Å². The number of amides is 2. The van der Waals surface area contributed by atoms with Gasteiger partial charge in [-0.1, -0.05) is 60.1 Å². The highest BCUT2D eigenvalue weighted by Gasteiger charge is 2.26. The Morgan fingerprint density at radius 1 is 1.09 bits per heavy atom. The number of nitrogens with one attached hydrogen (secondary N) is 2. The summed E-state index contributed by atoms with van der Waals surface area (Å²) in [6.45, 7) is 9.17. The standard InChI is InChI=1S/C25H34BrN5O2/c1-18(2)27-11-12-30(16-24(32)28-23-13-22(26)10-9-19(23)3)17-25(33)29(4)31-14-20-7-5-6-8-21(20)15-31/h5-10,13,18,27H,11-12,14-17H2,1-4H3,(H,28,32). The molecule has 0 bridgehead atoms. The van der Waals surface area contributed by atoms with Crippen molar-refractivity contribution in [1.82, 2.24) is 20.2 Å². The van der Waals surface area contributed by atoms with Crippen LogP contribution in [-0.4, -0.2) is 66.0 Å². The molecule has 0 fully saturated rings. The molecule has 0 unspecified atom stereocenters. The fourth-order valence-electron chi connectivity index (χ4n) is 3.83. The van der Waals surface area contributed by atoms with E-state index in [0.717, 1.165) is 28.8 Å². The molecule has 7 nitrogen and oxygen atoms in total. The van der Waals surface area contributed by atoms with Gasteiger partial charge in [0.1, 0.15) is 0 Å². The summed E-state index contributed by atoms with van der Waals surface area (Å²) in [5, 5.41) is 10.1. The molecule has 1 aliphatic rings. The number of fused-ring (bicyclic) bond motifs is 1. The maximum atomic E-state index is 13.1. The fourth-order valence-corrected chi connectivity index (χ4v) is 4.19. The molecule has 0 radical (unpaired) electrons. The first kappa shape index (κ1) is 25.4. The normalized spacial score (nSPS) is 13.4. The van der Waals surface area contributed by atoms with Gasteiger partial charge in [0.05, 0.1) is 13.1 Å². The number of hydrogen-bond acceptors (Lipinski definition) is 5. The first-order valence-electron chi connectivity index (χ1n) is 11.3. The summed E-state index contributed by atoms with van der Waals surface area (Å²) in [6.07, 6.45) is 0. The molecule has 1 aliphatic heterocycles. The van der Waals surface area contributed by atoms with Crippen molar-refractivity contribution in [3.63, 3.8) is 0 Å². The number of carbonyl (C=O) groups excluding carboxylic acids is 2. The van der Waals surface area contributed by atoms with E-state index in [0.29, 0.717) is 19.1 Å². The van der Waals surface area contributed by atoms with Crippen molar-refractivity contribution in [3.05, 3.63) is 63.6 Å². The van der Waals surface area contributed by atoms with Gasteiger partial charge in [-0.3, -0.25) is 19.5 Å². The lowest BCUT2D eigenvalue weighted by Crippen LogP contribution is -2.48. The van der Waals surface area contributed by atoms with Crippen LogP contribution in [-0.2, 0) is 22.7 Å². The van der Waals surface area contributed by atoms with Crippen molar-refractivity contribution in [2.24, 2.45) is 0 Å². The molecule has 0 aliphatic carbocycles. The van der Waals surface area contributed by atoms with E-state index in [1.54, 1.807) is 5.01 Å². The molecule has 0 saturated heterocycles. The number of anilines is 1. The van der Waals surface area contributed by atoms with Crippen LogP contribution in [0.2, 0.25) is 0 Å². The predicted octanol–water partition coefficient (Wildman–Crippen LogP) is 3.39. The van der Waals surface area contributed by atoms with Gasteiger partial charge < -0.3 is 10.6 Å². The number of hydrazine groups is 1. The third kappa shape index (κ3) is 7.37. The Morgan fingerprint density at radius 3 is 2.39 bits per heavy atom. The van der Waals surface area contributed by atoms with Crippen molar-refractivity contribution < 1.29 is 9.59 Å². The van der Waals surface area contributed by atoms with E-state index in [1.807, 2.05) is 54.2 Å². The zero-order chi connectivity index (χ0) is 24.0. The maximum absolute atomic E-state index is 13.1. The van der Waals surface area contributed by atoms with Gasteiger partial charge in [-0.2, -0.15) is 0 Å². The average molecular weight is 516 g/mol. The van der Waals surface area contributed by atoms with Crippen LogP contribution in [0.5, 0.6) is 0 Å². The molecule has 2 amide bonds. The minimum absolute atomic E-state index is 0.0289. The van der Waals surface area contributed by atoms with Crippen LogP contribution in [0.15, 0.2) is 46.9 Å². The van der Waals surface area contributed by atoms with Gasteiger partial charge in [0, 0.05) is 49.4 Å². The Bertz CT molecular complexity index is 956. The molecule has 3 rings (SSSR count). The average Bonchev–Trinajstić information content (AvgIpc) is 3.19. The summed E-state index contributed by atoms with van der Waals surface area (Å²) >= 11 is 3.45. The van der Waals surface area contributed by atoms with Crippen molar-refractivity contribution in [3.8, 4) is 0 Å². The second-order valence-corrected chi connectivity index (χ2v) is 9.75. The number of likely N-dealkylation sites (N-methyl/N-ethyl adjacent to an activating group) is 1. The van der Waals surface area contributed by atoms with Crippen LogP contribution in [0.3, 0.4) is 0 Å². The van der Waals surface area contributed by atoms with Crippen LogP contribution < -0.4 is 10.6 Å². The van der Waals surface area contributed by atoms with Crippen molar-refractivity contribution in [1.29, 1.82) is 0 Å². The van der Waals surface area contributed by atoms with Gasteiger partial charge in [-0.15, -0.1) is 0 Å². The molecular formula is C25H34BrN5O2. The number of carbonyl (C=O) groups is 2. The van der Waals surface area contributed by atoms with E-state index in [-0.39, 0.29) is 24.9 Å². The number of nitrogens with zero attached hydrogens (tertiary/aromatic N) is 3. The van der Waals surface area contributed by atoms with E-state index in [2.05, 4.69) is 52.5 Å². The lowest BCUT2D eigenvalue weighted by atomic mass is 10.1. The molecular weight excluding hydrogens is 482 g/mol. The first-order chi connectivity index (χ1) is 15.7. The summed E-state index contributed by atoms with van der Waals surface area (Å²) in [5.41, 5.74) is 4.26. The zero-order valence-electron chi connectivity index (χ0n) is 19.9. The highest BCUT2D eigenvalue weighted by atomic mass is 79.9. The second-order valence-electron chi connectivity index (χ2n) is 8.84. The van der Waals surface area contributed by atoms with Gasteiger partial charge in [0.2, 0.25) is 5.91 Å². The number of rotatable bonds is 10. The van der Waals surface area contributed by atoms with Crippen LogP contribution in [0.1, 0.15) is 30.5 Å². The SMILES string of the molecule is Cc1ccc(Br)cc1NC(=O)CN(CCNC(C)C)CC(=O)N(C)N1Cc2ccccc2C1. The third-order valence-corrected chi connectivity index (χ3v) is 6.28. The molecule has 1 heterocycles. The summed E-state index contributed by atoms with van der Waals surface area (Å²) < 4.78 is 0.907. The number of hydrogen-bond donors (Lipinski definition) is 2. The molecule has 2 aromatic carbocycles. The Labute approximate surface area is 205 Å². The molecule has 0 saturated carbocycles. The van der Waals surface area contributed by atoms with E-state index >= 15 is 0 Å². The fraction of sp³-hybridized carbons (Fsp3) is 0.440. The van der Waals surface area contributed by atoms with Crippen molar-refractivity contribution in [2.45, 2.75) is 39.9 Å². The molecule has 178 valence electrons. The lowest BCUT2D eigenvalue weighted by molar-refractivity contribution is -0.148. The smallest absolute Gasteiger partial charge is 0.250 e. The second kappa shape index (κ2) is 11.7. The molecule has 0 aromatic heterocycles. The number of halogens is 1. The van der Waals surface area contributed by atoms with Gasteiger partial charge in [-0.25, -0.2) is 5.01 Å². The Morgan fingerprint density at radius 2 is 1.76 bits per heavy atom. The Balaban J connectivity index is 1.61. The van der Waals surface area contributed by atoms with E-state index in [9.17, 15) is 9.59 Å². The highest BCUT2D eigenvalue weighted by Crippen LogP contribution is 2.23. The zero-order valence-corrected chi connectivity index (χ0v) is 21.5. The largest absolute Gasteiger partial charge is 0.325 e. The van der Waals surface area contributed by atoms with Gasteiger partial charge in [0.15, 0.2) is 0 Å². The highest BCUT2D eigenvalue weighted by molar-refractivity contribution is 9.10. The minimum atomic E-state index is -0.134. The lowest BCUT2D eigenvalue weighted by Gasteiger charge is -2.30. The quantitative estimate of drug-likeness (QED) is 0.507. The maximum Gasteiger partial charge on any atom is 0.250 e. The molecule has 33 heavy (non-hydrogen) atoms. The predicted molar refractivity (Wildman–Crippen MR) is 136 cm³/mol. The Hall–Kier alpha value is -2.26. The molecule has 8 heteroatoms. The molecule has 2 aromatic rings. The van der Waals surface area contributed by atoms with Gasteiger partial charge >= 0.3 is 0 Å². The number of aryl methyl sites for hydroxylation is 1. The topological polar surface area (TPSA) is 67.9 Å². The monoisotopic (exact) mass is 515 g/mol. The van der Waals surface area contributed by atoms with Crippen LogP contribution in [0.25, 0.3) is 0 Å². The van der Waals surface area contributed by atoms with Crippen LogP contribution in [0, 0.1) is 6.92 Å². The summed E-state index contributed by atoms with van der Waals surface area (Å²) in [7, 11) is 1.81. The Kier molecular flexibility index (Phi) is 9.02. The van der Waals surface area contributed by atoms with Crippen LogP contribution >= 0.6 is 15.9 Å². The number of benzene rings is 2. The van der Waals surface area contributed by atoms with E-state index in [1.165, 1.54) is 11.1 Å². The van der Waals surface area contributed by atoms with Crippen LogP contribution in [0.4, 0.5) is 5.69 Å². The molecule has 0 spiro atoms. The van der Waals surface area contributed by atoms with Gasteiger partial charge in [0.25, 0.3) is 5.91 Å². The van der Waals surface area contributed by atoms with Gasteiger partial charge in [-0.05, 0) is 35.7 Å². The minimum Gasteiger partial charge on any atom is -0.325 e. The molecule has 0 atom stereocenters. The first-order valence-corrected chi connectivity index (χ1v) is 12.1.